The summed E-state index contributed by atoms with van der Waals surface area (Å²) in [6.45, 7) is 1.12. The molecule has 2 aliphatic rings. The minimum Gasteiger partial charge on any atom is -0.485 e. The highest BCUT2D eigenvalue weighted by Gasteiger charge is 2.34. The molecule has 2 atom stereocenters. The molecule has 0 aliphatic carbocycles. The number of carbonyl (C=O) groups is 1. The Hall–Kier alpha value is -1.80. The summed E-state index contributed by atoms with van der Waals surface area (Å²) >= 11 is 0. The Bertz CT molecular complexity index is 691. The van der Waals surface area contributed by atoms with E-state index in [1.54, 1.807) is 17.0 Å². The number of fused-ring (bicyclic) bond motifs is 1. The van der Waals surface area contributed by atoms with E-state index in [4.69, 9.17) is 9.47 Å². The fourth-order valence-electron chi connectivity index (χ4n) is 2.92. The number of amides is 1. The van der Waals surface area contributed by atoms with Crippen molar-refractivity contribution in [3.05, 3.63) is 24.3 Å². The van der Waals surface area contributed by atoms with Crippen molar-refractivity contribution >= 4 is 15.9 Å². The number of ether oxygens (including phenoxy) is 2. The third kappa shape index (κ3) is 3.94. The first kappa shape index (κ1) is 16.1. The van der Waals surface area contributed by atoms with Gasteiger partial charge in [0.2, 0.25) is 16.1 Å². The van der Waals surface area contributed by atoms with Crippen LogP contribution in [0.3, 0.4) is 0 Å². The minimum absolute atomic E-state index is 0.163. The zero-order chi connectivity index (χ0) is 16.4. The molecule has 1 amide bonds. The van der Waals surface area contributed by atoms with Crippen LogP contribution >= 0.6 is 0 Å². The number of nitrogens with zero attached hydrogens (tertiary/aromatic N) is 1. The van der Waals surface area contributed by atoms with E-state index in [0.717, 1.165) is 19.1 Å². The van der Waals surface area contributed by atoms with Gasteiger partial charge in [0.15, 0.2) is 11.5 Å². The van der Waals surface area contributed by atoms with Gasteiger partial charge in [-0.1, -0.05) is 12.1 Å². The van der Waals surface area contributed by atoms with Crippen LogP contribution < -0.4 is 14.2 Å². The first-order chi connectivity index (χ1) is 10.9. The van der Waals surface area contributed by atoms with Gasteiger partial charge in [0.25, 0.3) is 5.91 Å². The predicted octanol–water partition coefficient (Wildman–Crippen LogP) is 0.367. The summed E-state index contributed by atoms with van der Waals surface area (Å²) in [4.78, 5) is 14.3. The maximum atomic E-state index is 12.6. The fourth-order valence-corrected chi connectivity index (χ4v) is 3.72. The number of carbonyl (C=O) groups excluding carboxylic acids is 1. The zero-order valence-corrected chi connectivity index (χ0v) is 13.7. The molecule has 3 rings (SSSR count). The van der Waals surface area contributed by atoms with Gasteiger partial charge >= 0.3 is 0 Å². The topological polar surface area (TPSA) is 84.9 Å². The predicted molar refractivity (Wildman–Crippen MR) is 83.9 cm³/mol. The molecular weight excluding hydrogens is 320 g/mol. The summed E-state index contributed by atoms with van der Waals surface area (Å²) in [5, 5.41) is 0. The van der Waals surface area contributed by atoms with Crippen LogP contribution in [-0.2, 0) is 14.8 Å². The van der Waals surface area contributed by atoms with Gasteiger partial charge < -0.3 is 14.4 Å². The number of benzene rings is 1. The average Bonchev–Trinajstić information content (AvgIpc) is 2.52. The van der Waals surface area contributed by atoms with Crippen LogP contribution in [0.5, 0.6) is 11.5 Å². The van der Waals surface area contributed by atoms with E-state index in [9.17, 15) is 13.2 Å². The highest BCUT2D eigenvalue weighted by molar-refractivity contribution is 7.88. The molecule has 0 saturated carbocycles. The smallest absolute Gasteiger partial charge is 0.267 e. The second-order valence-corrected chi connectivity index (χ2v) is 7.66. The molecule has 0 unspecified atom stereocenters. The monoisotopic (exact) mass is 340 g/mol. The van der Waals surface area contributed by atoms with Gasteiger partial charge in [0.05, 0.1) is 6.26 Å². The molecule has 1 aromatic rings. The van der Waals surface area contributed by atoms with Crippen molar-refractivity contribution in [1.29, 1.82) is 0 Å². The Morgan fingerprint density at radius 2 is 2.04 bits per heavy atom. The highest BCUT2D eigenvalue weighted by atomic mass is 32.2. The molecule has 0 aromatic heterocycles. The van der Waals surface area contributed by atoms with Gasteiger partial charge in [-0.2, -0.15) is 0 Å². The summed E-state index contributed by atoms with van der Waals surface area (Å²) in [5.41, 5.74) is 0. The molecule has 1 N–H and O–H groups in total. The van der Waals surface area contributed by atoms with Crippen LogP contribution in [0, 0.1) is 0 Å². The normalized spacial score (nSPS) is 24.3. The SMILES string of the molecule is CS(=O)(=O)N[C@H]1CCCN(C(=O)[C@@H]2COc3ccccc3O2)C1. The second kappa shape index (κ2) is 6.37. The molecule has 2 aliphatic heterocycles. The fraction of sp³-hybridized carbons (Fsp3) is 0.533. The Labute approximate surface area is 135 Å². The number of para-hydroxylation sites is 2. The van der Waals surface area contributed by atoms with Crippen LogP contribution in [0.15, 0.2) is 24.3 Å². The molecule has 126 valence electrons. The Morgan fingerprint density at radius 1 is 1.30 bits per heavy atom. The van der Waals surface area contributed by atoms with E-state index in [1.165, 1.54) is 0 Å². The third-order valence-electron chi connectivity index (χ3n) is 3.90. The van der Waals surface area contributed by atoms with Gasteiger partial charge in [-0.3, -0.25) is 4.79 Å². The van der Waals surface area contributed by atoms with Crippen molar-refractivity contribution in [1.82, 2.24) is 9.62 Å². The maximum absolute atomic E-state index is 12.6. The largest absolute Gasteiger partial charge is 0.485 e. The first-order valence-corrected chi connectivity index (χ1v) is 9.46. The number of nitrogens with one attached hydrogen (secondary N) is 1. The lowest BCUT2D eigenvalue weighted by molar-refractivity contribution is -0.142. The van der Waals surface area contributed by atoms with Gasteiger partial charge in [0, 0.05) is 19.1 Å². The van der Waals surface area contributed by atoms with E-state index < -0.39 is 16.1 Å². The van der Waals surface area contributed by atoms with Crippen LogP contribution in [0.1, 0.15) is 12.8 Å². The molecule has 0 spiro atoms. The van der Waals surface area contributed by atoms with Crippen molar-refractivity contribution in [2.45, 2.75) is 25.0 Å². The quantitative estimate of drug-likeness (QED) is 0.859. The number of rotatable bonds is 3. The summed E-state index contributed by atoms with van der Waals surface area (Å²) in [6, 6.07) is 6.97. The van der Waals surface area contributed by atoms with Crippen molar-refractivity contribution in [2.75, 3.05) is 26.0 Å². The lowest BCUT2D eigenvalue weighted by Crippen LogP contribution is -2.54. The summed E-state index contributed by atoms with van der Waals surface area (Å²) in [6.07, 6.45) is 1.91. The number of hydrogen-bond donors (Lipinski definition) is 1. The van der Waals surface area contributed by atoms with Gasteiger partial charge in [0.1, 0.15) is 6.61 Å². The Kier molecular flexibility index (Phi) is 4.45. The zero-order valence-electron chi connectivity index (χ0n) is 12.9. The molecule has 7 nitrogen and oxygen atoms in total. The lowest BCUT2D eigenvalue weighted by Gasteiger charge is -2.36. The van der Waals surface area contributed by atoms with Crippen LogP contribution in [0.25, 0.3) is 0 Å². The van der Waals surface area contributed by atoms with Gasteiger partial charge in [-0.25, -0.2) is 13.1 Å². The van der Waals surface area contributed by atoms with E-state index >= 15 is 0 Å². The molecular formula is C15H20N2O5S. The molecule has 1 aromatic carbocycles. The molecule has 0 radical (unpaired) electrons. The number of hydrogen-bond acceptors (Lipinski definition) is 5. The second-order valence-electron chi connectivity index (χ2n) is 5.88. The van der Waals surface area contributed by atoms with Crippen LogP contribution in [0.4, 0.5) is 0 Å². The van der Waals surface area contributed by atoms with Crippen molar-refractivity contribution in [2.24, 2.45) is 0 Å². The molecule has 1 saturated heterocycles. The molecule has 2 heterocycles. The molecule has 23 heavy (non-hydrogen) atoms. The van der Waals surface area contributed by atoms with Gasteiger partial charge in [-0.15, -0.1) is 0 Å². The van der Waals surface area contributed by atoms with E-state index in [2.05, 4.69) is 4.72 Å². The van der Waals surface area contributed by atoms with Crippen molar-refractivity contribution in [3.8, 4) is 11.5 Å². The van der Waals surface area contributed by atoms with Crippen molar-refractivity contribution < 1.29 is 22.7 Å². The number of piperidine rings is 1. The maximum Gasteiger partial charge on any atom is 0.267 e. The molecule has 8 heteroatoms. The summed E-state index contributed by atoms with van der Waals surface area (Å²) < 4.78 is 36.6. The molecule has 0 bridgehead atoms. The van der Waals surface area contributed by atoms with E-state index in [0.29, 0.717) is 24.6 Å². The van der Waals surface area contributed by atoms with Crippen LogP contribution in [-0.4, -0.2) is 57.3 Å². The summed E-state index contributed by atoms with van der Waals surface area (Å²) in [5.74, 6) is 1.02. The molecule has 1 fully saturated rings. The minimum atomic E-state index is -3.28. The van der Waals surface area contributed by atoms with Gasteiger partial charge in [-0.05, 0) is 25.0 Å². The first-order valence-electron chi connectivity index (χ1n) is 7.57. The third-order valence-corrected chi connectivity index (χ3v) is 4.66. The number of likely N-dealkylation sites (tertiary alicyclic amines) is 1. The van der Waals surface area contributed by atoms with Crippen LogP contribution in [0.2, 0.25) is 0 Å². The van der Waals surface area contributed by atoms with E-state index in [-0.39, 0.29) is 18.6 Å². The average molecular weight is 340 g/mol. The van der Waals surface area contributed by atoms with E-state index in [1.807, 2.05) is 12.1 Å². The Morgan fingerprint density at radius 3 is 2.78 bits per heavy atom. The Balaban J connectivity index is 1.64. The summed E-state index contributed by atoms with van der Waals surface area (Å²) in [7, 11) is -3.28. The van der Waals surface area contributed by atoms with Crippen molar-refractivity contribution in [3.63, 3.8) is 0 Å². The number of sulfonamides is 1. The lowest BCUT2D eigenvalue weighted by atomic mass is 10.1. The standard InChI is InChI=1S/C15H20N2O5S/c1-23(19,20)16-11-5-4-8-17(9-11)15(18)14-10-21-12-6-2-3-7-13(12)22-14/h2-3,6-7,11,14,16H,4-5,8-10H2,1H3/t11-,14-/m0/s1. The highest BCUT2D eigenvalue weighted by Crippen LogP contribution is 2.31.